The van der Waals surface area contributed by atoms with Crippen molar-refractivity contribution in [1.82, 2.24) is 15.3 Å². The van der Waals surface area contributed by atoms with Crippen LogP contribution in [0.25, 0.3) is 0 Å². The van der Waals surface area contributed by atoms with E-state index in [2.05, 4.69) is 22.1 Å². The molecular weight excluding hydrogens is 388 g/mol. The fraction of sp³-hybridized carbons (Fsp3) is 0.476. The standard InChI is InChI=1S/C21H28N4O3S/c1-15-16(2)23-21(24-19(15)25-8-11-28-12-9-25)29-14-17-5-4-6-18(13-17)20(26)22-7-10-27-3/h4-6,13H,7-12,14H2,1-3H3,(H,22,26). The summed E-state index contributed by atoms with van der Waals surface area (Å²) >= 11 is 1.58. The van der Waals surface area contributed by atoms with Gasteiger partial charge in [0.15, 0.2) is 5.16 Å². The molecule has 1 aliphatic heterocycles. The van der Waals surface area contributed by atoms with Crippen LogP contribution in [0.1, 0.15) is 27.2 Å². The maximum absolute atomic E-state index is 12.2. The minimum atomic E-state index is -0.0917. The number of methoxy groups -OCH3 is 1. The maximum Gasteiger partial charge on any atom is 0.251 e. The van der Waals surface area contributed by atoms with E-state index in [0.29, 0.717) is 24.5 Å². The number of nitrogens with zero attached hydrogens (tertiary/aromatic N) is 3. The summed E-state index contributed by atoms with van der Waals surface area (Å²) in [4.78, 5) is 24.0. The summed E-state index contributed by atoms with van der Waals surface area (Å²) in [6, 6.07) is 7.66. The molecule has 1 aromatic heterocycles. The molecule has 0 aliphatic carbocycles. The largest absolute Gasteiger partial charge is 0.383 e. The van der Waals surface area contributed by atoms with Crippen molar-refractivity contribution in [3.05, 3.63) is 46.6 Å². The molecule has 156 valence electrons. The number of thioether (sulfide) groups is 1. The Balaban J connectivity index is 1.67. The summed E-state index contributed by atoms with van der Waals surface area (Å²) in [6.45, 7) is 8.24. The lowest BCUT2D eigenvalue weighted by atomic mass is 10.1. The van der Waals surface area contributed by atoms with Gasteiger partial charge >= 0.3 is 0 Å². The summed E-state index contributed by atoms with van der Waals surface area (Å²) in [7, 11) is 1.61. The molecule has 1 aromatic carbocycles. The molecule has 3 rings (SSSR count). The number of hydrogen-bond donors (Lipinski definition) is 1. The number of morpholine rings is 1. The molecule has 29 heavy (non-hydrogen) atoms. The lowest BCUT2D eigenvalue weighted by Gasteiger charge is -2.29. The normalized spacial score (nSPS) is 14.1. The molecule has 0 atom stereocenters. The van der Waals surface area contributed by atoms with Crippen LogP contribution in [0.3, 0.4) is 0 Å². The van der Waals surface area contributed by atoms with Crippen molar-refractivity contribution in [2.75, 3.05) is 51.5 Å². The molecule has 2 heterocycles. The molecule has 0 radical (unpaired) electrons. The van der Waals surface area contributed by atoms with Crippen LogP contribution < -0.4 is 10.2 Å². The van der Waals surface area contributed by atoms with Gasteiger partial charge in [0, 0.05) is 49.3 Å². The van der Waals surface area contributed by atoms with E-state index < -0.39 is 0 Å². The van der Waals surface area contributed by atoms with E-state index in [1.807, 2.05) is 31.2 Å². The van der Waals surface area contributed by atoms with Gasteiger partial charge in [-0.15, -0.1) is 0 Å². The quantitative estimate of drug-likeness (QED) is 0.403. The fourth-order valence-electron chi connectivity index (χ4n) is 3.06. The van der Waals surface area contributed by atoms with Gasteiger partial charge in [-0.05, 0) is 31.5 Å². The van der Waals surface area contributed by atoms with Crippen LogP contribution in [0.5, 0.6) is 0 Å². The average molecular weight is 417 g/mol. The molecule has 1 amide bonds. The van der Waals surface area contributed by atoms with Crippen molar-refractivity contribution in [1.29, 1.82) is 0 Å². The van der Waals surface area contributed by atoms with Crippen molar-refractivity contribution in [2.45, 2.75) is 24.8 Å². The average Bonchev–Trinajstić information content (AvgIpc) is 2.75. The summed E-state index contributed by atoms with van der Waals surface area (Å²) in [5.74, 6) is 1.60. The summed E-state index contributed by atoms with van der Waals surface area (Å²) in [6.07, 6.45) is 0. The molecule has 2 aromatic rings. The third-order valence-electron chi connectivity index (χ3n) is 4.80. The first-order chi connectivity index (χ1) is 14.1. The number of aryl methyl sites for hydroxylation is 1. The first-order valence-corrected chi connectivity index (χ1v) is 10.7. The van der Waals surface area contributed by atoms with Crippen LogP contribution >= 0.6 is 11.8 Å². The van der Waals surface area contributed by atoms with Crippen LogP contribution in [0, 0.1) is 13.8 Å². The van der Waals surface area contributed by atoms with Crippen LogP contribution in [-0.4, -0.2) is 62.4 Å². The molecule has 1 aliphatic rings. The number of nitrogens with one attached hydrogen (secondary N) is 1. The highest BCUT2D eigenvalue weighted by atomic mass is 32.2. The Hall–Kier alpha value is -2.16. The number of anilines is 1. The van der Waals surface area contributed by atoms with Crippen molar-refractivity contribution in [3.63, 3.8) is 0 Å². The van der Waals surface area contributed by atoms with E-state index in [4.69, 9.17) is 14.5 Å². The lowest BCUT2D eigenvalue weighted by molar-refractivity contribution is 0.0937. The highest BCUT2D eigenvalue weighted by Gasteiger charge is 2.18. The van der Waals surface area contributed by atoms with Crippen LogP contribution in [0.2, 0.25) is 0 Å². The zero-order valence-electron chi connectivity index (χ0n) is 17.2. The summed E-state index contributed by atoms with van der Waals surface area (Å²) in [5.41, 5.74) is 3.82. The van der Waals surface area contributed by atoms with Gasteiger partial charge in [-0.2, -0.15) is 0 Å². The smallest absolute Gasteiger partial charge is 0.251 e. The molecule has 0 unspecified atom stereocenters. The van der Waals surface area contributed by atoms with Gasteiger partial charge < -0.3 is 19.7 Å². The minimum absolute atomic E-state index is 0.0917. The Morgan fingerprint density at radius 2 is 2.07 bits per heavy atom. The van der Waals surface area contributed by atoms with Crippen molar-refractivity contribution >= 4 is 23.5 Å². The summed E-state index contributed by atoms with van der Waals surface area (Å²) in [5, 5.41) is 3.60. The van der Waals surface area contributed by atoms with Gasteiger partial charge in [-0.25, -0.2) is 9.97 Å². The van der Waals surface area contributed by atoms with Gasteiger partial charge in [0.25, 0.3) is 5.91 Å². The van der Waals surface area contributed by atoms with Gasteiger partial charge in [0.05, 0.1) is 19.8 Å². The molecule has 0 saturated carbocycles. The zero-order chi connectivity index (χ0) is 20.6. The lowest BCUT2D eigenvalue weighted by Crippen LogP contribution is -2.37. The van der Waals surface area contributed by atoms with Gasteiger partial charge in [0.2, 0.25) is 0 Å². The number of benzene rings is 1. The number of rotatable bonds is 8. The van der Waals surface area contributed by atoms with Crippen LogP contribution in [0.15, 0.2) is 29.4 Å². The predicted molar refractivity (Wildman–Crippen MR) is 115 cm³/mol. The SMILES string of the molecule is COCCNC(=O)c1cccc(CSc2nc(C)c(C)c(N3CCOCC3)n2)c1. The Kier molecular flexibility index (Phi) is 7.85. The van der Waals surface area contributed by atoms with Gasteiger partial charge in [0.1, 0.15) is 5.82 Å². The molecular formula is C21H28N4O3S. The first kappa shape index (κ1) is 21.5. The van der Waals surface area contributed by atoms with E-state index in [1.54, 1.807) is 18.9 Å². The van der Waals surface area contributed by atoms with E-state index in [-0.39, 0.29) is 5.91 Å². The number of carbonyl (C=O) groups is 1. The van der Waals surface area contributed by atoms with Crippen molar-refractivity contribution in [3.8, 4) is 0 Å². The number of carbonyl (C=O) groups excluding carboxylic acids is 1. The molecule has 1 fully saturated rings. The van der Waals surface area contributed by atoms with Crippen molar-refractivity contribution < 1.29 is 14.3 Å². The zero-order valence-corrected chi connectivity index (χ0v) is 18.1. The topological polar surface area (TPSA) is 76.6 Å². The Labute approximate surface area is 176 Å². The van der Waals surface area contributed by atoms with E-state index >= 15 is 0 Å². The number of ether oxygens (including phenoxy) is 2. The second kappa shape index (κ2) is 10.6. The third kappa shape index (κ3) is 5.91. The van der Waals surface area contributed by atoms with Crippen molar-refractivity contribution in [2.24, 2.45) is 0 Å². The summed E-state index contributed by atoms with van der Waals surface area (Å²) < 4.78 is 10.4. The molecule has 1 N–H and O–H groups in total. The van der Waals surface area contributed by atoms with Gasteiger partial charge in [-0.1, -0.05) is 23.9 Å². The molecule has 7 nitrogen and oxygen atoms in total. The number of hydrogen-bond acceptors (Lipinski definition) is 7. The second-order valence-corrected chi connectivity index (χ2v) is 7.82. The van der Waals surface area contributed by atoms with E-state index in [1.165, 1.54) is 0 Å². The maximum atomic E-state index is 12.2. The third-order valence-corrected chi connectivity index (χ3v) is 5.72. The van der Waals surface area contributed by atoms with Crippen LogP contribution in [-0.2, 0) is 15.2 Å². The monoisotopic (exact) mass is 416 g/mol. The predicted octanol–water partition coefficient (Wildman–Crippen LogP) is 2.60. The number of amides is 1. The molecule has 0 bridgehead atoms. The number of aromatic nitrogens is 2. The molecule has 0 spiro atoms. The van der Waals surface area contributed by atoms with Crippen LogP contribution in [0.4, 0.5) is 5.82 Å². The van der Waals surface area contributed by atoms with E-state index in [0.717, 1.165) is 54.1 Å². The minimum Gasteiger partial charge on any atom is -0.383 e. The second-order valence-electron chi connectivity index (χ2n) is 6.88. The fourth-order valence-corrected chi connectivity index (χ4v) is 3.88. The molecule has 1 saturated heterocycles. The highest BCUT2D eigenvalue weighted by molar-refractivity contribution is 7.98. The Bertz CT molecular complexity index is 841. The Morgan fingerprint density at radius 3 is 2.83 bits per heavy atom. The van der Waals surface area contributed by atoms with Gasteiger partial charge in [-0.3, -0.25) is 4.79 Å². The first-order valence-electron chi connectivity index (χ1n) is 9.75. The Morgan fingerprint density at radius 1 is 1.28 bits per heavy atom. The highest BCUT2D eigenvalue weighted by Crippen LogP contribution is 2.26. The van der Waals surface area contributed by atoms with E-state index in [9.17, 15) is 4.79 Å². The molecule has 8 heteroatoms.